The smallest absolute Gasteiger partial charge is 0.175 e. The molecule has 0 radical (unpaired) electrons. The van der Waals surface area contributed by atoms with Crippen LogP contribution in [0.1, 0.15) is 35.1 Å². The third kappa shape index (κ3) is 4.74. The minimum atomic E-state index is -0.550. The topological polar surface area (TPSA) is 21.7 Å². The van der Waals surface area contributed by atoms with Gasteiger partial charge in [0, 0.05) is 35.0 Å². The Hall–Kier alpha value is -7.36. The average molecular weight is 744 g/mol. The van der Waals surface area contributed by atoms with Crippen LogP contribution in [0.4, 0.5) is 11.4 Å². The molecule has 8 aromatic rings. The van der Waals surface area contributed by atoms with E-state index in [9.17, 15) is 0 Å². The summed E-state index contributed by atoms with van der Waals surface area (Å²) in [4.78, 5) is 2.42. The van der Waals surface area contributed by atoms with Crippen LogP contribution in [-0.4, -0.2) is 0 Å². The van der Waals surface area contributed by atoms with Crippen LogP contribution in [0.2, 0.25) is 0 Å². The fourth-order valence-electron chi connectivity index (χ4n) is 10.0. The van der Waals surface area contributed by atoms with Crippen molar-refractivity contribution >= 4 is 11.4 Å². The SMILES string of the molecule is C1=C(N(c2cccc(-c3ccccc3)c2)c2ccccc2-c2ccccc2)CCC2=C1Oc1c(ccc3c1C1(c4ccccc4-c4ccccc41)c1ccccc1-3)O2. The van der Waals surface area contributed by atoms with E-state index in [1.165, 1.54) is 55.6 Å². The largest absolute Gasteiger partial charge is 0.454 e. The van der Waals surface area contributed by atoms with Crippen molar-refractivity contribution < 1.29 is 9.47 Å². The molecular weight excluding hydrogens is 707 g/mol. The van der Waals surface area contributed by atoms with Crippen LogP contribution in [0.25, 0.3) is 44.5 Å². The highest BCUT2D eigenvalue weighted by Crippen LogP contribution is 2.66. The molecule has 0 saturated carbocycles. The summed E-state index contributed by atoms with van der Waals surface area (Å²) < 4.78 is 14.3. The molecule has 3 heteroatoms. The monoisotopic (exact) mass is 743 g/mol. The van der Waals surface area contributed by atoms with Crippen molar-refractivity contribution in [3.8, 4) is 56.0 Å². The number of fused-ring (bicyclic) bond motifs is 12. The second-order valence-electron chi connectivity index (χ2n) is 15.5. The van der Waals surface area contributed by atoms with E-state index in [1.807, 2.05) is 0 Å². The summed E-state index contributed by atoms with van der Waals surface area (Å²) in [6.07, 6.45) is 3.71. The van der Waals surface area contributed by atoms with Crippen LogP contribution in [0.5, 0.6) is 11.5 Å². The maximum Gasteiger partial charge on any atom is 0.175 e. The zero-order chi connectivity index (χ0) is 38.2. The van der Waals surface area contributed by atoms with Gasteiger partial charge in [-0.25, -0.2) is 0 Å². The molecule has 4 aliphatic rings. The van der Waals surface area contributed by atoms with Crippen molar-refractivity contribution in [2.75, 3.05) is 4.90 Å². The Bertz CT molecular complexity index is 2950. The van der Waals surface area contributed by atoms with Crippen molar-refractivity contribution in [2.24, 2.45) is 0 Å². The second-order valence-corrected chi connectivity index (χ2v) is 15.5. The van der Waals surface area contributed by atoms with Crippen LogP contribution in [0.15, 0.2) is 217 Å². The summed E-state index contributed by atoms with van der Waals surface area (Å²) in [5, 5.41) is 0. The number of rotatable bonds is 5. The number of benzene rings is 8. The van der Waals surface area contributed by atoms with E-state index in [-0.39, 0.29) is 0 Å². The van der Waals surface area contributed by atoms with Gasteiger partial charge in [0.2, 0.25) is 0 Å². The first kappa shape index (κ1) is 32.8. The first-order chi connectivity index (χ1) is 28.8. The van der Waals surface area contributed by atoms with E-state index in [4.69, 9.17) is 9.47 Å². The third-order valence-corrected chi connectivity index (χ3v) is 12.4. The fraction of sp³-hybridized carbons (Fsp3) is 0.0545. The number of para-hydroxylation sites is 1. The van der Waals surface area contributed by atoms with Gasteiger partial charge in [-0.2, -0.15) is 0 Å². The summed E-state index contributed by atoms with van der Waals surface area (Å²) in [7, 11) is 0. The first-order valence-corrected chi connectivity index (χ1v) is 20.1. The number of hydrogen-bond donors (Lipinski definition) is 0. The molecule has 8 aromatic carbocycles. The summed E-state index contributed by atoms with van der Waals surface area (Å²) in [5.41, 5.74) is 17.4. The van der Waals surface area contributed by atoms with Gasteiger partial charge < -0.3 is 14.4 Å². The molecule has 0 bridgehead atoms. The molecule has 0 atom stereocenters. The van der Waals surface area contributed by atoms with Gasteiger partial charge in [-0.3, -0.25) is 0 Å². The van der Waals surface area contributed by atoms with Crippen LogP contribution < -0.4 is 14.4 Å². The molecule has 0 amide bonds. The molecule has 0 aromatic heterocycles. The molecule has 12 rings (SSSR count). The van der Waals surface area contributed by atoms with E-state index in [0.717, 1.165) is 57.6 Å². The highest BCUT2D eigenvalue weighted by atomic mass is 16.6. The Morgan fingerprint density at radius 3 is 1.69 bits per heavy atom. The highest BCUT2D eigenvalue weighted by Gasteiger charge is 2.54. The van der Waals surface area contributed by atoms with Crippen LogP contribution in [0.3, 0.4) is 0 Å². The molecule has 274 valence electrons. The van der Waals surface area contributed by atoms with E-state index in [2.05, 4.69) is 205 Å². The van der Waals surface area contributed by atoms with Gasteiger partial charge >= 0.3 is 0 Å². The van der Waals surface area contributed by atoms with Gasteiger partial charge in [-0.15, -0.1) is 0 Å². The summed E-state index contributed by atoms with van der Waals surface area (Å²) in [5.74, 6) is 3.18. The van der Waals surface area contributed by atoms with Gasteiger partial charge in [0.05, 0.1) is 11.1 Å². The van der Waals surface area contributed by atoms with Crippen LogP contribution >= 0.6 is 0 Å². The van der Waals surface area contributed by atoms with E-state index < -0.39 is 5.41 Å². The Labute approximate surface area is 338 Å². The minimum Gasteiger partial charge on any atom is -0.454 e. The molecule has 0 N–H and O–H groups in total. The van der Waals surface area contributed by atoms with Gasteiger partial charge in [0.1, 0.15) is 5.76 Å². The molecule has 0 fully saturated rings. The van der Waals surface area contributed by atoms with Gasteiger partial charge in [-0.1, -0.05) is 170 Å². The number of hydrogen-bond acceptors (Lipinski definition) is 3. The Kier molecular flexibility index (Phi) is 7.27. The fourth-order valence-corrected chi connectivity index (χ4v) is 10.0. The predicted molar refractivity (Wildman–Crippen MR) is 234 cm³/mol. The van der Waals surface area contributed by atoms with Crippen molar-refractivity contribution in [1.29, 1.82) is 0 Å². The molecular formula is C55H37NO2. The van der Waals surface area contributed by atoms with Crippen molar-refractivity contribution in [2.45, 2.75) is 18.3 Å². The lowest BCUT2D eigenvalue weighted by molar-refractivity contribution is 0.285. The lowest BCUT2D eigenvalue weighted by atomic mass is 9.70. The molecule has 3 nitrogen and oxygen atoms in total. The normalized spacial score (nSPS) is 14.9. The second kappa shape index (κ2) is 12.8. The van der Waals surface area contributed by atoms with Crippen LogP contribution in [-0.2, 0) is 5.41 Å². The van der Waals surface area contributed by atoms with E-state index in [1.54, 1.807) is 0 Å². The summed E-state index contributed by atoms with van der Waals surface area (Å²) in [6.45, 7) is 0. The molecule has 3 aliphatic carbocycles. The van der Waals surface area contributed by atoms with Gasteiger partial charge in [-0.05, 0) is 86.3 Å². The highest BCUT2D eigenvalue weighted by molar-refractivity contribution is 5.97. The third-order valence-electron chi connectivity index (χ3n) is 12.4. The molecule has 1 spiro atoms. The van der Waals surface area contributed by atoms with Gasteiger partial charge in [0.15, 0.2) is 17.3 Å². The minimum absolute atomic E-state index is 0.550. The number of ether oxygens (including phenoxy) is 2. The number of allylic oxidation sites excluding steroid dienone is 3. The number of anilines is 2. The maximum absolute atomic E-state index is 7.34. The Morgan fingerprint density at radius 1 is 0.431 bits per heavy atom. The lowest BCUT2D eigenvalue weighted by Crippen LogP contribution is -2.28. The Morgan fingerprint density at radius 2 is 1.00 bits per heavy atom. The zero-order valence-corrected chi connectivity index (χ0v) is 31.7. The molecule has 1 heterocycles. The van der Waals surface area contributed by atoms with Crippen molar-refractivity contribution in [3.05, 3.63) is 240 Å². The van der Waals surface area contributed by atoms with Crippen molar-refractivity contribution in [3.63, 3.8) is 0 Å². The first-order valence-electron chi connectivity index (χ1n) is 20.1. The Balaban J connectivity index is 1.04. The molecule has 0 unspecified atom stereocenters. The molecule has 0 saturated heterocycles. The predicted octanol–water partition coefficient (Wildman–Crippen LogP) is 13.9. The summed E-state index contributed by atoms with van der Waals surface area (Å²) >= 11 is 0. The quantitative estimate of drug-likeness (QED) is 0.175. The molecule has 58 heavy (non-hydrogen) atoms. The molecule has 1 aliphatic heterocycles. The van der Waals surface area contributed by atoms with Gasteiger partial charge in [0.25, 0.3) is 0 Å². The van der Waals surface area contributed by atoms with Crippen LogP contribution in [0, 0.1) is 0 Å². The average Bonchev–Trinajstić information content (AvgIpc) is 3.77. The lowest BCUT2D eigenvalue weighted by Gasteiger charge is -2.36. The number of nitrogens with zero attached hydrogens (tertiary/aromatic N) is 1. The van der Waals surface area contributed by atoms with E-state index in [0.29, 0.717) is 6.42 Å². The van der Waals surface area contributed by atoms with Crippen molar-refractivity contribution in [1.82, 2.24) is 0 Å². The maximum atomic E-state index is 7.34. The summed E-state index contributed by atoms with van der Waals surface area (Å²) in [6, 6.07) is 69.9. The standard InChI is InChI=1S/C55H37NO2/c1-3-16-36(17-4-1)38-20-15-21-39(34-38)56(49-29-14-10-22-41(49)37-18-5-2-6-19-37)40-30-32-50-52(35-40)58-54-51(57-50)33-31-45-44-25-9-13-28-48(44)55(53(45)54)46-26-11-7-23-42(46)43-24-8-12-27-47(43)55/h1-29,31,33-35H,30,32H2. The van der Waals surface area contributed by atoms with E-state index >= 15 is 0 Å². The zero-order valence-electron chi connectivity index (χ0n) is 31.7.